The van der Waals surface area contributed by atoms with Crippen LogP contribution >= 0.6 is 0 Å². The van der Waals surface area contributed by atoms with E-state index in [1.165, 1.54) is 10.6 Å². The zero-order chi connectivity index (χ0) is 23.5. The van der Waals surface area contributed by atoms with E-state index in [4.69, 9.17) is 4.74 Å². The number of ether oxygens (including phenoxy) is 1. The van der Waals surface area contributed by atoms with Crippen LogP contribution in [0.2, 0.25) is 0 Å². The summed E-state index contributed by atoms with van der Waals surface area (Å²) in [7, 11) is 0. The molecule has 2 N–H and O–H groups in total. The summed E-state index contributed by atoms with van der Waals surface area (Å²) >= 11 is 0. The largest absolute Gasteiger partial charge is 0.440 e. The molecule has 2 saturated heterocycles. The second-order valence-corrected chi connectivity index (χ2v) is 9.43. The summed E-state index contributed by atoms with van der Waals surface area (Å²) in [5, 5.41) is 6.45. The van der Waals surface area contributed by atoms with E-state index in [1.54, 1.807) is 0 Å². The summed E-state index contributed by atoms with van der Waals surface area (Å²) in [6.45, 7) is 8.67. The number of hydrogen-bond acceptors (Lipinski definition) is 5. The molecule has 1 atom stereocenters. The highest BCUT2D eigenvalue weighted by atomic mass is 16.6. The predicted octanol–water partition coefficient (Wildman–Crippen LogP) is 4.10. The highest BCUT2D eigenvalue weighted by Gasteiger charge is 2.60. The number of piperidine rings is 1. The van der Waals surface area contributed by atoms with Gasteiger partial charge in [-0.15, -0.1) is 0 Å². The third-order valence-corrected chi connectivity index (χ3v) is 7.13. The third kappa shape index (κ3) is 4.55. The van der Waals surface area contributed by atoms with E-state index in [9.17, 15) is 9.59 Å². The van der Waals surface area contributed by atoms with Crippen LogP contribution in [0.4, 0.5) is 15.3 Å². The zero-order valence-electron chi connectivity index (χ0n) is 19.7. The summed E-state index contributed by atoms with van der Waals surface area (Å²) in [4.78, 5) is 29.4. The minimum atomic E-state index is -0.910. The first kappa shape index (κ1) is 23.1. The first-order chi connectivity index (χ1) is 15.8. The number of amides is 3. The quantitative estimate of drug-likeness (QED) is 0.648. The van der Waals surface area contributed by atoms with E-state index in [-0.39, 0.29) is 0 Å². The molecule has 33 heavy (non-hydrogen) atoms. The zero-order valence-corrected chi connectivity index (χ0v) is 19.7. The van der Waals surface area contributed by atoms with E-state index in [0.717, 1.165) is 31.5 Å². The van der Waals surface area contributed by atoms with Crippen molar-refractivity contribution < 1.29 is 14.3 Å². The molecule has 7 heteroatoms. The van der Waals surface area contributed by atoms with Gasteiger partial charge in [-0.3, -0.25) is 0 Å². The highest BCUT2D eigenvalue weighted by molar-refractivity contribution is 5.94. The Hall–Kier alpha value is -3.06. The van der Waals surface area contributed by atoms with Crippen LogP contribution in [0.15, 0.2) is 60.7 Å². The maximum atomic E-state index is 13.1. The molecule has 2 aromatic carbocycles. The average Bonchev–Trinajstić information content (AvgIpc) is 3.02. The highest BCUT2D eigenvalue weighted by Crippen LogP contribution is 2.46. The molecule has 0 radical (unpaired) electrons. The van der Waals surface area contributed by atoms with Gasteiger partial charge in [-0.1, -0.05) is 48.5 Å². The fourth-order valence-corrected chi connectivity index (χ4v) is 4.85. The molecule has 2 fully saturated rings. The lowest BCUT2D eigenvalue weighted by Crippen LogP contribution is -2.56. The van der Waals surface area contributed by atoms with Crippen LogP contribution in [0, 0.1) is 0 Å². The molecule has 2 heterocycles. The molecular weight excluding hydrogens is 416 g/mol. The van der Waals surface area contributed by atoms with E-state index in [1.807, 2.05) is 57.2 Å². The number of urea groups is 1. The number of carbonyl (C=O) groups excluding carboxylic acids is 2. The van der Waals surface area contributed by atoms with Crippen molar-refractivity contribution in [2.75, 3.05) is 31.1 Å². The van der Waals surface area contributed by atoms with Gasteiger partial charge in [0.15, 0.2) is 0 Å². The molecule has 0 unspecified atom stereocenters. The van der Waals surface area contributed by atoms with Gasteiger partial charge in [0.05, 0.1) is 0 Å². The molecular formula is C26H34N4O3. The molecule has 3 amide bonds. The van der Waals surface area contributed by atoms with Gasteiger partial charge >= 0.3 is 12.1 Å². The number of benzene rings is 2. The summed E-state index contributed by atoms with van der Waals surface area (Å²) in [5.74, 6) is 0. The summed E-state index contributed by atoms with van der Waals surface area (Å²) < 4.78 is 5.61. The van der Waals surface area contributed by atoms with Crippen LogP contribution in [-0.2, 0) is 10.3 Å². The van der Waals surface area contributed by atoms with Crippen LogP contribution in [0.5, 0.6) is 0 Å². The Morgan fingerprint density at radius 2 is 1.58 bits per heavy atom. The molecule has 7 nitrogen and oxygen atoms in total. The Labute approximate surface area is 196 Å². The van der Waals surface area contributed by atoms with Gasteiger partial charge in [-0.2, -0.15) is 0 Å². The summed E-state index contributed by atoms with van der Waals surface area (Å²) in [6, 6.07) is 20.0. The standard InChI is InChI=1S/C26H34N4O3/c1-25(2)26(3,20-10-6-4-7-11-20)30(24(32)33-25)23(31)28-17-16-27-21-14-18-29(19-15-21)22-12-8-5-9-13-22/h4-13,21,27H,14-19H2,1-3H3,(H,28,31)/t26-/m0/s1. The van der Waals surface area contributed by atoms with Gasteiger partial charge in [0.1, 0.15) is 11.1 Å². The van der Waals surface area contributed by atoms with Crippen LogP contribution in [0.25, 0.3) is 0 Å². The number of anilines is 1. The molecule has 2 aromatic rings. The van der Waals surface area contributed by atoms with Crippen LogP contribution < -0.4 is 15.5 Å². The topological polar surface area (TPSA) is 73.9 Å². The van der Waals surface area contributed by atoms with Gasteiger partial charge in [0.2, 0.25) is 0 Å². The van der Waals surface area contributed by atoms with Gasteiger partial charge in [0, 0.05) is 37.9 Å². The lowest BCUT2D eigenvalue weighted by Gasteiger charge is -2.39. The van der Waals surface area contributed by atoms with Crippen molar-refractivity contribution in [1.82, 2.24) is 15.5 Å². The second kappa shape index (κ2) is 9.43. The number of para-hydroxylation sites is 1. The first-order valence-electron chi connectivity index (χ1n) is 11.7. The smallest absolute Gasteiger partial charge is 0.419 e. The minimum absolute atomic E-state index is 0.423. The third-order valence-electron chi connectivity index (χ3n) is 7.13. The molecule has 176 valence electrons. The monoisotopic (exact) mass is 450 g/mol. The first-order valence-corrected chi connectivity index (χ1v) is 11.7. The fourth-order valence-electron chi connectivity index (χ4n) is 4.85. The van der Waals surface area contributed by atoms with Crippen LogP contribution in [-0.4, -0.2) is 54.8 Å². The number of hydrogen-bond donors (Lipinski definition) is 2. The Morgan fingerprint density at radius 3 is 2.21 bits per heavy atom. The molecule has 0 aliphatic carbocycles. The van der Waals surface area contributed by atoms with Gasteiger partial charge < -0.3 is 20.3 Å². The van der Waals surface area contributed by atoms with Crippen LogP contribution in [0.1, 0.15) is 39.2 Å². The minimum Gasteiger partial charge on any atom is -0.440 e. The molecule has 4 rings (SSSR count). The molecule has 2 aliphatic heterocycles. The summed E-state index contributed by atoms with van der Waals surface area (Å²) in [6.07, 6.45) is 1.49. The van der Waals surface area contributed by atoms with E-state index < -0.39 is 23.3 Å². The number of rotatable bonds is 6. The lowest BCUT2D eigenvalue weighted by atomic mass is 9.78. The molecule has 0 bridgehead atoms. The molecule has 2 aliphatic rings. The molecule has 0 aromatic heterocycles. The maximum absolute atomic E-state index is 13.1. The van der Waals surface area contributed by atoms with Crippen molar-refractivity contribution in [3.05, 3.63) is 66.2 Å². The number of nitrogens with one attached hydrogen (secondary N) is 2. The number of cyclic esters (lactones) is 1. The van der Waals surface area contributed by atoms with Crippen molar-refractivity contribution in [2.24, 2.45) is 0 Å². The molecule has 0 saturated carbocycles. The predicted molar refractivity (Wildman–Crippen MR) is 129 cm³/mol. The van der Waals surface area contributed by atoms with Gasteiger partial charge in [0.25, 0.3) is 0 Å². The number of nitrogens with zero attached hydrogens (tertiary/aromatic N) is 2. The van der Waals surface area contributed by atoms with Crippen molar-refractivity contribution in [1.29, 1.82) is 0 Å². The second-order valence-electron chi connectivity index (χ2n) is 9.43. The Morgan fingerprint density at radius 1 is 0.970 bits per heavy atom. The van der Waals surface area contributed by atoms with Crippen molar-refractivity contribution in [3.63, 3.8) is 0 Å². The van der Waals surface area contributed by atoms with Gasteiger partial charge in [-0.25, -0.2) is 14.5 Å². The Balaban J connectivity index is 1.29. The van der Waals surface area contributed by atoms with E-state index in [0.29, 0.717) is 19.1 Å². The Bertz CT molecular complexity index is 958. The van der Waals surface area contributed by atoms with Crippen molar-refractivity contribution in [2.45, 2.75) is 50.8 Å². The Kier molecular flexibility index (Phi) is 6.61. The van der Waals surface area contributed by atoms with E-state index >= 15 is 0 Å². The van der Waals surface area contributed by atoms with E-state index in [2.05, 4.69) is 39.8 Å². The average molecular weight is 451 g/mol. The van der Waals surface area contributed by atoms with Crippen molar-refractivity contribution in [3.8, 4) is 0 Å². The van der Waals surface area contributed by atoms with Gasteiger partial charge in [-0.05, 0) is 51.3 Å². The fraction of sp³-hybridized carbons (Fsp3) is 0.462. The summed E-state index contributed by atoms with van der Waals surface area (Å²) in [5.41, 5.74) is 0.366. The van der Waals surface area contributed by atoms with Crippen molar-refractivity contribution >= 4 is 17.8 Å². The molecule has 0 spiro atoms. The normalized spacial score (nSPS) is 22.8. The number of imide groups is 1. The van der Waals surface area contributed by atoms with Crippen LogP contribution in [0.3, 0.4) is 0 Å². The number of carbonyl (C=O) groups is 2. The SMILES string of the molecule is CC1(C)OC(=O)N(C(=O)NCCNC2CCN(c3ccccc3)CC2)[C@@]1(C)c1ccccc1. The maximum Gasteiger partial charge on any atom is 0.419 e. The lowest BCUT2D eigenvalue weighted by molar-refractivity contribution is 0.0272.